The predicted molar refractivity (Wildman–Crippen MR) is 222 cm³/mol. The first-order valence-corrected chi connectivity index (χ1v) is 20.9. The largest absolute Gasteiger partial charge is 0.550 e. The van der Waals surface area contributed by atoms with Crippen LogP contribution < -0.4 is 86.0 Å². The second-order valence-corrected chi connectivity index (χ2v) is 15.1. The Labute approximate surface area is 391 Å². The number of likely N-dealkylation sites (tertiary alicyclic amines) is 1. The number of aliphatic carboxylic acids is 2. The summed E-state index contributed by atoms with van der Waals surface area (Å²) < 4.78 is 0. The summed E-state index contributed by atoms with van der Waals surface area (Å²) in [6.45, 7) is -5.51. The van der Waals surface area contributed by atoms with Gasteiger partial charge in [0.2, 0.25) is 47.3 Å². The molecule has 0 bridgehead atoms. The molecule has 33 nitrogen and oxygen atoms in total. The van der Waals surface area contributed by atoms with Gasteiger partial charge in [0.05, 0.1) is 58.1 Å². The molecule has 10 amide bonds. The van der Waals surface area contributed by atoms with Crippen LogP contribution in [0.25, 0.3) is 0 Å². The minimum absolute atomic E-state index is 0.0406. The Morgan fingerprint density at radius 2 is 1.25 bits per heavy atom. The van der Waals surface area contributed by atoms with E-state index in [9.17, 15) is 88.2 Å². The van der Waals surface area contributed by atoms with E-state index in [2.05, 4.69) is 37.3 Å². The number of carbonyl (C=O) groups is 12. The molecule has 1 unspecified atom stereocenters. The first-order valence-electron chi connectivity index (χ1n) is 20.9. The van der Waals surface area contributed by atoms with Crippen molar-refractivity contribution in [3.8, 4) is 0 Å². The molecule has 1 aliphatic rings. The molecule has 1 fully saturated rings. The summed E-state index contributed by atoms with van der Waals surface area (Å²) in [6, 6.07) is -11.5. The third-order valence-electron chi connectivity index (χ3n) is 9.73. The van der Waals surface area contributed by atoms with Gasteiger partial charge >= 0.3 is 5.96 Å². The van der Waals surface area contributed by atoms with Gasteiger partial charge in [-0.25, -0.2) is 0 Å². The zero-order valence-electron chi connectivity index (χ0n) is 37.3. The van der Waals surface area contributed by atoms with Crippen molar-refractivity contribution in [1.29, 1.82) is 0 Å². The molecule has 0 aromatic carbocycles. The molecule has 1 rings (SSSR count). The molecule has 0 aliphatic carbocycles. The monoisotopic (exact) mass is 991 g/mol. The number of hydrogen-bond donors (Lipinski definition) is 18. The standard InChI is InChI=1S/C36H61N15O18/c1-16(33(67)68)44-31(65)22-5-3-7-51(22)32(66)21(14-54)48-29(63)18(8-26(59)60)46-25(58)11-42-27(61)17(4-2-6-41-35(38)39)45-24(57)10-43-28(62)19(12-52)47-30(64)20(13-53)49-34(69)36(40,15-55)50-23(56)9-37/h16-22,52-55H,2-15,37,40H2,1H3,(H,42,61)(H,43,62)(H,44,65)(H,45,57)(H,46,58)(H,47,64)(H,48,63)(H,49,69)(H,50,56)(H,59,60)(H,67,68)(H4,38,39,41)/t16-,17+,18+,19+,20-,21-,22?,36+/m0/s1. The maximum Gasteiger partial charge on any atom is 0.338 e. The zero-order chi connectivity index (χ0) is 52.6. The smallest absolute Gasteiger partial charge is 0.338 e. The second-order valence-electron chi connectivity index (χ2n) is 15.1. The Hall–Kier alpha value is -7.33. The van der Waals surface area contributed by atoms with Gasteiger partial charge in [0, 0.05) is 18.9 Å². The number of nitrogens with zero attached hydrogens (tertiary/aromatic N) is 1. The second kappa shape index (κ2) is 29.4. The van der Waals surface area contributed by atoms with E-state index in [0.29, 0.717) is 0 Å². The molecular formula is C36H61N15O18. The average Bonchev–Trinajstić information content (AvgIpc) is 3.80. The lowest BCUT2D eigenvalue weighted by Gasteiger charge is -2.29. The molecule has 0 spiro atoms. The number of rotatable bonds is 30. The van der Waals surface area contributed by atoms with Crippen molar-refractivity contribution >= 4 is 77.0 Å². The number of amides is 10. The highest BCUT2D eigenvalue weighted by Gasteiger charge is 2.40. The number of guanidine groups is 1. The number of carbonyl (C=O) groups excluding carboxylic acids is 12. The molecule has 388 valence electrons. The van der Waals surface area contributed by atoms with Gasteiger partial charge in [0.25, 0.3) is 11.8 Å². The normalized spacial score (nSPS) is 16.4. The van der Waals surface area contributed by atoms with Crippen molar-refractivity contribution in [2.45, 2.75) is 87.0 Å². The minimum atomic E-state index is -2.45. The molecular weight excluding hydrogens is 930 g/mol. The van der Waals surface area contributed by atoms with Crippen LogP contribution >= 0.6 is 0 Å². The van der Waals surface area contributed by atoms with E-state index in [4.69, 9.17) is 17.2 Å². The first-order chi connectivity index (χ1) is 32.4. The summed E-state index contributed by atoms with van der Waals surface area (Å²) in [7, 11) is 0. The Kier molecular flexibility index (Phi) is 25.5. The van der Waals surface area contributed by atoms with Crippen LogP contribution in [-0.4, -0.2) is 209 Å². The van der Waals surface area contributed by atoms with E-state index in [0.717, 1.165) is 11.8 Å². The summed E-state index contributed by atoms with van der Waals surface area (Å²) in [4.78, 5) is 154. The maximum atomic E-state index is 13.3. The number of nitrogens with one attached hydrogen (secondary N) is 10. The van der Waals surface area contributed by atoms with Gasteiger partial charge < -0.3 is 98.7 Å². The van der Waals surface area contributed by atoms with Gasteiger partial charge in [0.15, 0.2) is 12.2 Å². The van der Waals surface area contributed by atoms with Gasteiger partial charge in [0.1, 0.15) is 36.3 Å². The van der Waals surface area contributed by atoms with E-state index < -0.39 is 165 Å². The molecule has 23 N–H and O–H groups in total. The number of carboxylic acid groups (broad SMARTS) is 2. The van der Waals surface area contributed by atoms with Crippen molar-refractivity contribution in [3.05, 3.63) is 0 Å². The van der Waals surface area contributed by atoms with Gasteiger partial charge in [-0.15, -0.1) is 0 Å². The van der Waals surface area contributed by atoms with Crippen LogP contribution in [0.5, 0.6) is 0 Å². The fourth-order valence-electron chi connectivity index (χ4n) is 6.01. The van der Waals surface area contributed by atoms with Crippen LogP contribution in [0.3, 0.4) is 0 Å². The Morgan fingerprint density at radius 3 is 1.75 bits per heavy atom. The Balaban J connectivity index is 3.00. The number of quaternary nitrogens is 1. The third-order valence-corrected chi connectivity index (χ3v) is 9.73. The molecule has 69 heavy (non-hydrogen) atoms. The quantitative estimate of drug-likeness (QED) is 0.0137. The fourth-order valence-corrected chi connectivity index (χ4v) is 6.01. The molecule has 1 saturated heterocycles. The molecule has 0 radical (unpaired) electrons. The van der Waals surface area contributed by atoms with Crippen molar-refractivity contribution in [1.82, 2.24) is 52.8 Å². The fraction of sp³-hybridized carbons (Fsp3) is 0.639. The topological polar surface area (TPSA) is 563 Å². The van der Waals surface area contributed by atoms with Crippen molar-refractivity contribution in [3.63, 3.8) is 0 Å². The Bertz CT molecular complexity index is 1920. The summed E-state index contributed by atoms with van der Waals surface area (Å²) in [5, 5.41) is 80.3. The highest BCUT2D eigenvalue weighted by atomic mass is 16.4. The van der Waals surface area contributed by atoms with E-state index >= 15 is 0 Å². The highest BCUT2D eigenvalue weighted by Crippen LogP contribution is 2.19. The summed E-state index contributed by atoms with van der Waals surface area (Å²) in [5.41, 5.74) is 17.3. The molecule has 1 heterocycles. The van der Waals surface area contributed by atoms with Crippen LogP contribution in [0, 0.1) is 0 Å². The molecule has 1 aliphatic heterocycles. The summed E-state index contributed by atoms with van der Waals surface area (Å²) in [6.07, 6.45) is -0.902. The van der Waals surface area contributed by atoms with Gasteiger partial charge in [-0.3, -0.25) is 70.1 Å². The zero-order valence-corrected chi connectivity index (χ0v) is 37.3. The minimum Gasteiger partial charge on any atom is -0.550 e. The van der Waals surface area contributed by atoms with Crippen LogP contribution in [0.15, 0.2) is 0 Å². The van der Waals surface area contributed by atoms with Gasteiger partial charge in [-0.05, 0) is 32.6 Å². The van der Waals surface area contributed by atoms with Gasteiger partial charge in [-0.2, -0.15) is 0 Å². The van der Waals surface area contributed by atoms with Gasteiger partial charge in [-0.1, -0.05) is 0 Å². The molecule has 0 saturated carbocycles. The Morgan fingerprint density at radius 1 is 0.725 bits per heavy atom. The van der Waals surface area contributed by atoms with Crippen molar-refractivity contribution in [2.24, 2.45) is 17.2 Å². The lowest BCUT2D eigenvalue weighted by molar-refractivity contribution is -0.459. The predicted octanol–water partition coefficient (Wildman–Crippen LogP) is -17.9. The molecule has 0 aromatic rings. The summed E-state index contributed by atoms with van der Waals surface area (Å²) in [5.74, 6) is -14.7. The molecule has 8 atom stereocenters. The van der Waals surface area contributed by atoms with E-state index in [1.54, 1.807) is 0 Å². The summed E-state index contributed by atoms with van der Waals surface area (Å²) >= 11 is 0. The van der Waals surface area contributed by atoms with Crippen molar-refractivity contribution < 1.29 is 98.9 Å². The SMILES string of the molecule is C[C@H](NC(=O)C1CCCN1C(=O)[C@H](CO)NC(=O)[C@@H](CC(=O)[O-])NC(=O)CNC(=O)[C@@H](CCC[NH+]=C(N)N)NC(=O)CNC(=O)[C@@H](CO)NC(=O)[C@H](CO)NC(=O)[C@@](N)(CO)NC(=O)C[NH3+])C(=O)[O-]. The molecule has 0 aromatic heterocycles. The number of aliphatic hydroxyl groups excluding tert-OH is 4. The van der Waals surface area contributed by atoms with E-state index in [-0.39, 0.29) is 51.3 Å². The number of carboxylic acids is 2. The average molecular weight is 992 g/mol. The number of aliphatic hydroxyl groups is 4. The third kappa shape index (κ3) is 20.2. The van der Waals surface area contributed by atoms with Crippen LogP contribution in [0.4, 0.5) is 0 Å². The van der Waals surface area contributed by atoms with Crippen LogP contribution in [0.2, 0.25) is 0 Å². The molecule has 33 heteroatoms. The van der Waals surface area contributed by atoms with Crippen molar-refractivity contribution in [2.75, 3.05) is 59.2 Å². The lowest BCUT2D eigenvalue weighted by atomic mass is 10.1. The number of nitrogens with two attached hydrogens (primary N) is 3. The maximum absolute atomic E-state index is 13.3. The lowest BCUT2D eigenvalue weighted by Crippen LogP contribution is -2.78. The van der Waals surface area contributed by atoms with E-state index in [1.165, 1.54) is 0 Å². The highest BCUT2D eigenvalue weighted by molar-refractivity contribution is 5.99. The van der Waals surface area contributed by atoms with Crippen LogP contribution in [-0.2, 0) is 57.5 Å². The van der Waals surface area contributed by atoms with E-state index in [1.807, 2.05) is 21.3 Å². The van der Waals surface area contributed by atoms with Crippen LogP contribution in [0.1, 0.15) is 39.0 Å². The number of hydrogen-bond acceptors (Lipinski definition) is 19. The first kappa shape index (κ1) is 59.7.